The number of benzene rings is 1. The Morgan fingerprint density at radius 3 is 2.62 bits per heavy atom. The molecule has 4 nitrogen and oxygen atoms in total. The average molecular weight is 366 g/mol. The molecular formula is C21H23N3OS. The Balaban J connectivity index is 1.33. The minimum Gasteiger partial charge on any atom is -0.347 e. The first-order chi connectivity index (χ1) is 12.8. The smallest absolute Gasteiger partial charge is 0.261 e. The number of piperidine rings is 1. The first kappa shape index (κ1) is 17.2. The first-order valence-corrected chi connectivity index (χ1v) is 10.0. The van der Waals surface area contributed by atoms with E-state index >= 15 is 0 Å². The summed E-state index contributed by atoms with van der Waals surface area (Å²) in [4.78, 5) is 20.8. The Labute approximate surface area is 157 Å². The molecule has 2 aromatic heterocycles. The molecule has 26 heavy (non-hydrogen) atoms. The van der Waals surface area contributed by atoms with Gasteiger partial charge in [-0.05, 0) is 49.2 Å². The van der Waals surface area contributed by atoms with Crippen LogP contribution in [-0.2, 0) is 13.1 Å². The Kier molecular flexibility index (Phi) is 5.27. The molecular weight excluding hydrogens is 342 g/mol. The zero-order chi connectivity index (χ0) is 17.8. The number of thiophene rings is 1. The standard InChI is InChI=1S/C21H23N3OS/c25-20(19-13-18-5-4-10-22-21(18)26-19)23-14-16-6-8-17(9-7-16)15-24-11-2-1-3-12-24/h4-10,13H,1-3,11-12,14-15H2,(H,23,25). The molecule has 3 aromatic rings. The molecule has 5 heteroatoms. The van der Waals surface area contributed by atoms with Crippen LogP contribution in [0.5, 0.6) is 0 Å². The second-order valence-corrected chi connectivity index (χ2v) is 7.88. The highest BCUT2D eigenvalue weighted by Crippen LogP contribution is 2.23. The van der Waals surface area contributed by atoms with Crippen molar-refractivity contribution < 1.29 is 4.79 Å². The maximum Gasteiger partial charge on any atom is 0.261 e. The summed E-state index contributed by atoms with van der Waals surface area (Å²) in [7, 11) is 0. The fraction of sp³-hybridized carbons (Fsp3) is 0.333. The lowest BCUT2D eigenvalue weighted by Crippen LogP contribution is -2.29. The molecule has 1 fully saturated rings. The summed E-state index contributed by atoms with van der Waals surface area (Å²) in [5, 5.41) is 4.03. The lowest BCUT2D eigenvalue weighted by molar-refractivity contribution is 0.0955. The summed E-state index contributed by atoms with van der Waals surface area (Å²) in [6.07, 6.45) is 5.76. The number of carbonyl (C=O) groups is 1. The van der Waals surface area contributed by atoms with Gasteiger partial charge in [-0.2, -0.15) is 0 Å². The fourth-order valence-electron chi connectivity index (χ4n) is 3.39. The van der Waals surface area contributed by atoms with Crippen molar-refractivity contribution in [3.63, 3.8) is 0 Å². The van der Waals surface area contributed by atoms with Crippen molar-refractivity contribution in [2.24, 2.45) is 0 Å². The second-order valence-electron chi connectivity index (χ2n) is 6.84. The van der Waals surface area contributed by atoms with Crippen molar-refractivity contribution in [1.29, 1.82) is 0 Å². The van der Waals surface area contributed by atoms with Gasteiger partial charge in [-0.25, -0.2) is 4.98 Å². The number of aromatic nitrogens is 1. The number of fused-ring (bicyclic) bond motifs is 1. The molecule has 0 atom stereocenters. The number of amides is 1. The number of nitrogens with zero attached hydrogens (tertiary/aromatic N) is 2. The van der Waals surface area contributed by atoms with Gasteiger partial charge in [0.05, 0.1) is 4.88 Å². The first-order valence-electron chi connectivity index (χ1n) is 9.21. The van der Waals surface area contributed by atoms with Gasteiger partial charge in [-0.15, -0.1) is 11.3 Å². The number of carbonyl (C=O) groups excluding carboxylic acids is 1. The van der Waals surface area contributed by atoms with Crippen LogP contribution < -0.4 is 5.32 Å². The summed E-state index contributed by atoms with van der Waals surface area (Å²) < 4.78 is 0. The van der Waals surface area contributed by atoms with E-state index in [4.69, 9.17) is 0 Å². The number of hydrogen-bond donors (Lipinski definition) is 1. The lowest BCUT2D eigenvalue weighted by atomic mass is 10.1. The predicted molar refractivity (Wildman–Crippen MR) is 106 cm³/mol. The molecule has 0 bridgehead atoms. The normalized spacial score (nSPS) is 15.2. The van der Waals surface area contributed by atoms with E-state index in [2.05, 4.69) is 39.5 Å². The van der Waals surface area contributed by atoms with Crippen molar-refractivity contribution in [2.75, 3.05) is 13.1 Å². The average Bonchev–Trinajstić information content (AvgIpc) is 3.12. The van der Waals surface area contributed by atoms with Gasteiger partial charge in [-0.1, -0.05) is 36.8 Å². The van der Waals surface area contributed by atoms with E-state index in [0.29, 0.717) is 11.4 Å². The minimum absolute atomic E-state index is 0.0367. The van der Waals surface area contributed by atoms with Gasteiger partial charge in [0.25, 0.3) is 5.91 Å². The number of hydrogen-bond acceptors (Lipinski definition) is 4. The SMILES string of the molecule is O=C(NCc1ccc(CN2CCCCC2)cc1)c1cc2cccnc2s1. The Bertz CT molecular complexity index is 849. The van der Waals surface area contributed by atoms with Gasteiger partial charge in [0.1, 0.15) is 4.83 Å². The summed E-state index contributed by atoms with van der Waals surface area (Å²) in [5.74, 6) is -0.0367. The highest BCUT2D eigenvalue weighted by atomic mass is 32.1. The van der Waals surface area contributed by atoms with E-state index in [1.807, 2.05) is 18.2 Å². The molecule has 1 amide bonds. The number of nitrogens with one attached hydrogen (secondary N) is 1. The van der Waals surface area contributed by atoms with Gasteiger partial charge < -0.3 is 5.32 Å². The van der Waals surface area contributed by atoms with E-state index in [9.17, 15) is 4.79 Å². The zero-order valence-electron chi connectivity index (χ0n) is 14.8. The predicted octanol–water partition coefficient (Wildman–Crippen LogP) is 4.21. The van der Waals surface area contributed by atoms with Crippen LogP contribution in [0, 0.1) is 0 Å². The van der Waals surface area contributed by atoms with Crippen LogP contribution in [0.3, 0.4) is 0 Å². The van der Waals surface area contributed by atoms with Crippen LogP contribution in [0.15, 0.2) is 48.7 Å². The monoisotopic (exact) mass is 365 g/mol. The highest BCUT2D eigenvalue weighted by Gasteiger charge is 2.12. The molecule has 1 aromatic carbocycles. The van der Waals surface area contributed by atoms with Gasteiger partial charge in [0.15, 0.2) is 0 Å². The summed E-state index contributed by atoms with van der Waals surface area (Å²) >= 11 is 1.43. The number of pyridine rings is 1. The molecule has 1 saturated heterocycles. The molecule has 1 aliphatic heterocycles. The van der Waals surface area contributed by atoms with E-state index < -0.39 is 0 Å². The largest absolute Gasteiger partial charge is 0.347 e. The quantitative estimate of drug-likeness (QED) is 0.737. The Morgan fingerprint density at radius 2 is 1.85 bits per heavy atom. The van der Waals surface area contributed by atoms with E-state index in [0.717, 1.165) is 22.3 Å². The van der Waals surface area contributed by atoms with Crippen molar-refractivity contribution in [2.45, 2.75) is 32.4 Å². The maximum absolute atomic E-state index is 12.4. The third-order valence-corrected chi connectivity index (χ3v) is 5.91. The zero-order valence-corrected chi connectivity index (χ0v) is 15.6. The van der Waals surface area contributed by atoms with Crippen LogP contribution in [0.2, 0.25) is 0 Å². The molecule has 1 aliphatic rings. The molecule has 0 radical (unpaired) electrons. The molecule has 0 saturated carbocycles. The van der Waals surface area contributed by atoms with Crippen LogP contribution in [0.25, 0.3) is 10.2 Å². The molecule has 0 spiro atoms. The fourth-order valence-corrected chi connectivity index (χ4v) is 4.31. The third kappa shape index (κ3) is 4.11. The van der Waals surface area contributed by atoms with Crippen molar-refractivity contribution >= 4 is 27.5 Å². The molecule has 0 aliphatic carbocycles. The van der Waals surface area contributed by atoms with Gasteiger partial charge in [0.2, 0.25) is 0 Å². The van der Waals surface area contributed by atoms with E-state index in [1.54, 1.807) is 6.20 Å². The second kappa shape index (κ2) is 7.98. The Hall–Kier alpha value is -2.24. The van der Waals surface area contributed by atoms with Gasteiger partial charge in [-0.3, -0.25) is 9.69 Å². The molecule has 134 valence electrons. The van der Waals surface area contributed by atoms with Crippen LogP contribution in [0.4, 0.5) is 0 Å². The summed E-state index contributed by atoms with van der Waals surface area (Å²) in [6, 6.07) is 14.4. The Morgan fingerprint density at radius 1 is 1.08 bits per heavy atom. The number of rotatable bonds is 5. The number of likely N-dealkylation sites (tertiary alicyclic amines) is 1. The molecule has 0 unspecified atom stereocenters. The van der Waals surface area contributed by atoms with Crippen LogP contribution in [0.1, 0.15) is 40.1 Å². The van der Waals surface area contributed by atoms with Crippen molar-refractivity contribution in [3.05, 3.63) is 64.7 Å². The minimum atomic E-state index is -0.0367. The van der Waals surface area contributed by atoms with Crippen LogP contribution in [-0.4, -0.2) is 28.9 Å². The topological polar surface area (TPSA) is 45.2 Å². The maximum atomic E-state index is 12.4. The highest BCUT2D eigenvalue weighted by molar-refractivity contribution is 7.20. The van der Waals surface area contributed by atoms with E-state index in [-0.39, 0.29) is 5.91 Å². The third-order valence-electron chi connectivity index (χ3n) is 4.85. The van der Waals surface area contributed by atoms with Gasteiger partial charge >= 0.3 is 0 Å². The van der Waals surface area contributed by atoms with E-state index in [1.165, 1.54) is 49.3 Å². The molecule has 3 heterocycles. The van der Waals surface area contributed by atoms with Gasteiger partial charge in [0, 0.05) is 24.7 Å². The summed E-state index contributed by atoms with van der Waals surface area (Å²) in [6.45, 7) is 4.00. The molecule has 1 N–H and O–H groups in total. The summed E-state index contributed by atoms with van der Waals surface area (Å²) in [5.41, 5.74) is 2.47. The molecule has 4 rings (SSSR count). The van der Waals surface area contributed by atoms with Crippen molar-refractivity contribution in [1.82, 2.24) is 15.2 Å². The van der Waals surface area contributed by atoms with Crippen LogP contribution >= 0.6 is 11.3 Å². The lowest BCUT2D eigenvalue weighted by Gasteiger charge is -2.26. The van der Waals surface area contributed by atoms with Crippen molar-refractivity contribution in [3.8, 4) is 0 Å².